The fourth-order valence-electron chi connectivity index (χ4n) is 2.64. The number of aromatic amines is 1. The molecule has 5 nitrogen and oxygen atoms in total. The fourth-order valence-corrected chi connectivity index (χ4v) is 3.57. The number of carbonyl (C=O) groups is 1. The summed E-state index contributed by atoms with van der Waals surface area (Å²) in [4.78, 5) is 30.8. The minimum atomic E-state index is -0.948. The summed E-state index contributed by atoms with van der Waals surface area (Å²) in [5.41, 5.74) is 2.11. The Labute approximate surface area is 131 Å². The number of rotatable bonds is 4. The van der Waals surface area contributed by atoms with Crippen molar-refractivity contribution < 1.29 is 9.90 Å². The van der Waals surface area contributed by atoms with Crippen LogP contribution in [0.4, 0.5) is 0 Å². The molecule has 1 aromatic carbocycles. The van der Waals surface area contributed by atoms with Crippen LogP contribution in [0.3, 0.4) is 0 Å². The molecular weight excluding hydrogens is 300 g/mol. The number of nitrogens with one attached hydrogen (secondary N) is 1. The molecule has 0 unspecified atom stereocenters. The number of benzene rings is 1. The molecule has 22 heavy (non-hydrogen) atoms. The summed E-state index contributed by atoms with van der Waals surface area (Å²) >= 11 is 1.07. The predicted octanol–water partition coefficient (Wildman–Crippen LogP) is 2.57. The highest BCUT2D eigenvalue weighted by Crippen LogP contribution is 2.33. The summed E-state index contributed by atoms with van der Waals surface area (Å²) in [7, 11) is 0. The van der Waals surface area contributed by atoms with Gasteiger partial charge in [0.05, 0.1) is 5.69 Å². The zero-order valence-corrected chi connectivity index (χ0v) is 12.7. The number of carboxylic acids is 1. The van der Waals surface area contributed by atoms with E-state index in [0.29, 0.717) is 10.7 Å². The van der Waals surface area contributed by atoms with Crippen LogP contribution < -0.4 is 5.56 Å². The van der Waals surface area contributed by atoms with E-state index in [2.05, 4.69) is 9.97 Å². The van der Waals surface area contributed by atoms with Crippen molar-refractivity contribution in [3.05, 3.63) is 57.5 Å². The number of aromatic nitrogens is 2. The van der Waals surface area contributed by atoms with E-state index in [-0.39, 0.29) is 5.56 Å². The van der Waals surface area contributed by atoms with E-state index in [9.17, 15) is 14.7 Å². The number of thioether (sulfide) groups is 1. The van der Waals surface area contributed by atoms with Crippen molar-refractivity contribution in [3.8, 4) is 0 Å². The first-order valence-corrected chi connectivity index (χ1v) is 8.09. The van der Waals surface area contributed by atoms with Crippen molar-refractivity contribution in [1.82, 2.24) is 9.97 Å². The third-order valence-electron chi connectivity index (χ3n) is 3.73. The molecule has 0 aliphatic heterocycles. The summed E-state index contributed by atoms with van der Waals surface area (Å²) < 4.78 is 0. The van der Waals surface area contributed by atoms with Gasteiger partial charge in [-0.05, 0) is 31.2 Å². The second-order valence-electron chi connectivity index (χ2n) is 5.25. The first-order chi connectivity index (χ1) is 10.6. The number of hydrogen-bond acceptors (Lipinski definition) is 4. The number of aliphatic carboxylic acids is 1. The van der Waals surface area contributed by atoms with Crippen LogP contribution in [0, 0.1) is 0 Å². The minimum Gasteiger partial charge on any atom is -0.480 e. The quantitative estimate of drug-likeness (QED) is 0.669. The third-order valence-corrected chi connectivity index (χ3v) is 4.85. The lowest BCUT2D eigenvalue weighted by Gasteiger charge is -2.16. The summed E-state index contributed by atoms with van der Waals surface area (Å²) in [6.45, 7) is 0. The van der Waals surface area contributed by atoms with Crippen LogP contribution in [0.5, 0.6) is 0 Å². The molecule has 1 aliphatic rings. The summed E-state index contributed by atoms with van der Waals surface area (Å²) in [6, 6.07) is 8.97. The molecule has 1 aromatic heterocycles. The third kappa shape index (κ3) is 3.06. The highest BCUT2D eigenvalue weighted by Gasteiger charge is 2.24. The number of fused-ring (bicyclic) bond motifs is 1. The molecule has 2 N–H and O–H groups in total. The van der Waals surface area contributed by atoms with Crippen molar-refractivity contribution in [3.63, 3.8) is 0 Å². The van der Waals surface area contributed by atoms with E-state index in [1.807, 2.05) is 6.07 Å². The SMILES string of the molecule is O=C(O)[C@@H](Sc1nc2c(c(=O)[nH]1)CCCC2)c1ccccc1. The molecule has 1 aliphatic carbocycles. The predicted molar refractivity (Wildman–Crippen MR) is 84.2 cm³/mol. The first-order valence-electron chi connectivity index (χ1n) is 7.21. The molecule has 1 heterocycles. The van der Waals surface area contributed by atoms with Gasteiger partial charge in [-0.15, -0.1) is 0 Å². The molecule has 0 amide bonds. The van der Waals surface area contributed by atoms with Gasteiger partial charge in [0.25, 0.3) is 5.56 Å². The average Bonchev–Trinajstić information content (AvgIpc) is 2.53. The van der Waals surface area contributed by atoms with Crippen LogP contribution in [0.1, 0.15) is 34.9 Å². The topological polar surface area (TPSA) is 83.0 Å². The summed E-state index contributed by atoms with van der Waals surface area (Å²) in [6.07, 6.45) is 3.57. The molecule has 0 radical (unpaired) electrons. The van der Waals surface area contributed by atoms with Gasteiger partial charge in [-0.25, -0.2) is 4.98 Å². The second-order valence-corrected chi connectivity index (χ2v) is 6.34. The highest BCUT2D eigenvalue weighted by molar-refractivity contribution is 8.00. The smallest absolute Gasteiger partial charge is 0.321 e. The van der Waals surface area contributed by atoms with Crippen LogP contribution in [-0.2, 0) is 17.6 Å². The average molecular weight is 316 g/mol. The standard InChI is InChI=1S/C16H16N2O3S/c19-14-11-8-4-5-9-12(11)17-16(18-14)22-13(15(20)21)10-6-2-1-3-7-10/h1-3,6-7,13H,4-5,8-9H2,(H,20,21)(H,17,18,19)/t13-/m0/s1. The van der Waals surface area contributed by atoms with Gasteiger partial charge >= 0.3 is 5.97 Å². The van der Waals surface area contributed by atoms with Crippen LogP contribution in [-0.4, -0.2) is 21.0 Å². The maximum absolute atomic E-state index is 12.1. The fraction of sp³-hybridized carbons (Fsp3) is 0.312. The van der Waals surface area contributed by atoms with Crippen molar-refractivity contribution in [1.29, 1.82) is 0 Å². The number of H-pyrrole nitrogens is 1. The van der Waals surface area contributed by atoms with Gasteiger partial charge in [-0.1, -0.05) is 42.1 Å². The van der Waals surface area contributed by atoms with E-state index in [0.717, 1.165) is 48.7 Å². The minimum absolute atomic E-state index is 0.135. The molecule has 2 aromatic rings. The Bertz CT molecular complexity index is 743. The molecule has 0 fully saturated rings. The van der Waals surface area contributed by atoms with Crippen LogP contribution in [0.2, 0.25) is 0 Å². The number of nitrogens with zero attached hydrogens (tertiary/aromatic N) is 1. The Morgan fingerprint density at radius 1 is 1.23 bits per heavy atom. The van der Waals surface area contributed by atoms with E-state index < -0.39 is 11.2 Å². The molecular formula is C16H16N2O3S. The maximum Gasteiger partial charge on any atom is 0.321 e. The largest absolute Gasteiger partial charge is 0.480 e. The molecule has 3 rings (SSSR count). The Balaban J connectivity index is 1.92. The Morgan fingerprint density at radius 2 is 1.95 bits per heavy atom. The number of hydrogen-bond donors (Lipinski definition) is 2. The van der Waals surface area contributed by atoms with Crippen molar-refractivity contribution in [2.75, 3.05) is 0 Å². The lowest BCUT2D eigenvalue weighted by Crippen LogP contribution is -2.22. The zero-order chi connectivity index (χ0) is 15.5. The lowest BCUT2D eigenvalue weighted by atomic mass is 9.97. The van der Waals surface area contributed by atoms with Gasteiger partial charge in [-0.2, -0.15) is 0 Å². The van der Waals surface area contributed by atoms with Gasteiger partial charge in [0, 0.05) is 5.56 Å². The molecule has 0 spiro atoms. The van der Waals surface area contributed by atoms with Gasteiger partial charge in [0.1, 0.15) is 5.25 Å². The van der Waals surface area contributed by atoms with E-state index in [1.165, 1.54) is 0 Å². The van der Waals surface area contributed by atoms with E-state index in [1.54, 1.807) is 24.3 Å². The number of aryl methyl sites for hydroxylation is 1. The summed E-state index contributed by atoms with van der Waals surface area (Å²) in [5, 5.41) is 9.05. The highest BCUT2D eigenvalue weighted by atomic mass is 32.2. The van der Waals surface area contributed by atoms with Crippen molar-refractivity contribution in [2.24, 2.45) is 0 Å². The molecule has 0 bridgehead atoms. The van der Waals surface area contributed by atoms with Gasteiger partial charge < -0.3 is 10.1 Å². The first kappa shape index (κ1) is 14.8. The Hall–Kier alpha value is -2.08. The zero-order valence-electron chi connectivity index (χ0n) is 11.9. The second kappa shape index (κ2) is 6.36. The molecule has 6 heteroatoms. The van der Waals surface area contributed by atoms with E-state index >= 15 is 0 Å². The number of carboxylic acid groups (broad SMARTS) is 1. The normalized spacial score (nSPS) is 15.1. The van der Waals surface area contributed by atoms with E-state index in [4.69, 9.17) is 0 Å². The van der Waals surface area contributed by atoms with Crippen molar-refractivity contribution in [2.45, 2.75) is 36.1 Å². The Kier molecular flexibility index (Phi) is 4.29. The van der Waals surface area contributed by atoms with Crippen LogP contribution in [0.25, 0.3) is 0 Å². The Morgan fingerprint density at radius 3 is 2.68 bits per heavy atom. The van der Waals surface area contributed by atoms with Gasteiger partial charge in [0.2, 0.25) is 0 Å². The van der Waals surface area contributed by atoms with Gasteiger partial charge in [0.15, 0.2) is 5.16 Å². The lowest BCUT2D eigenvalue weighted by molar-refractivity contribution is -0.136. The van der Waals surface area contributed by atoms with Crippen LogP contribution in [0.15, 0.2) is 40.3 Å². The maximum atomic E-state index is 12.1. The molecule has 0 saturated carbocycles. The molecule has 114 valence electrons. The van der Waals surface area contributed by atoms with Crippen molar-refractivity contribution >= 4 is 17.7 Å². The van der Waals surface area contributed by atoms with Gasteiger partial charge in [-0.3, -0.25) is 9.59 Å². The van der Waals surface area contributed by atoms with Crippen LogP contribution >= 0.6 is 11.8 Å². The molecule has 1 atom stereocenters. The monoisotopic (exact) mass is 316 g/mol. The summed E-state index contributed by atoms with van der Waals surface area (Å²) in [5.74, 6) is -0.948. The molecule has 0 saturated heterocycles.